The molecule has 1 atom stereocenters. The Kier molecular flexibility index (Phi) is 7.80. The normalized spacial score (nSPS) is 11.5. The van der Waals surface area contributed by atoms with Gasteiger partial charge in [0.2, 0.25) is 5.91 Å². The van der Waals surface area contributed by atoms with E-state index >= 15 is 0 Å². The molecule has 2 aromatic carbocycles. The maximum atomic E-state index is 13.2. The number of thiophene rings is 1. The first-order chi connectivity index (χ1) is 17.0. The second kappa shape index (κ2) is 11.2. The third-order valence-electron chi connectivity index (χ3n) is 5.35. The predicted octanol–water partition coefficient (Wildman–Crippen LogP) is 6.57. The van der Waals surface area contributed by atoms with Crippen molar-refractivity contribution in [3.63, 3.8) is 0 Å². The SMILES string of the molecule is CCC(Sc1cc(-c2ccccc2)nc(C)n1)C(=O)Nc1scc(-c2ccc(OC)cc2)c1C#N. The van der Waals surface area contributed by atoms with Crippen molar-refractivity contribution in [3.8, 4) is 34.2 Å². The highest BCUT2D eigenvalue weighted by Crippen LogP contribution is 2.36. The quantitative estimate of drug-likeness (QED) is 0.217. The number of ether oxygens (including phenoxy) is 1. The number of thioether (sulfide) groups is 1. The van der Waals surface area contributed by atoms with Gasteiger partial charge in [-0.25, -0.2) is 9.97 Å². The van der Waals surface area contributed by atoms with Crippen LogP contribution in [0.1, 0.15) is 24.7 Å². The Morgan fingerprint density at radius 1 is 1.14 bits per heavy atom. The van der Waals surface area contributed by atoms with E-state index in [1.807, 2.05) is 79.9 Å². The van der Waals surface area contributed by atoms with E-state index in [2.05, 4.69) is 21.4 Å². The summed E-state index contributed by atoms with van der Waals surface area (Å²) in [5, 5.41) is 15.6. The molecule has 0 saturated heterocycles. The fraction of sp³-hybridized carbons (Fsp3) is 0.185. The van der Waals surface area contributed by atoms with Crippen molar-refractivity contribution in [3.05, 3.63) is 77.4 Å². The summed E-state index contributed by atoms with van der Waals surface area (Å²) in [7, 11) is 1.61. The maximum Gasteiger partial charge on any atom is 0.238 e. The molecule has 0 fully saturated rings. The number of nitrogens with one attached hydrogen (secondary N) is 1. The first-order valence-electron chi connectivity index (χ1n) is 11.1. The van der Waals surface area contributed by atoms with Gasteiger partial charge in [0.25, 0.3) is 0 Å². The van der Waals surface area contributed by atoms with E-state index < -0.39 is 0 Å². The minimum Gasteiger partial charge on any atom is -0.497 e. The highest BCUT2D eigenvalue weighted by molar-refractivity contribution is 8.00. The van der Waals surface area contributed by atoms with Gasteiger partial charge in [-0.15, -0.1) is 11.3 Å². The van der Waals surface area contributed by atoms with E-state index in [9.17, 15) is 10.1 Å². The molecule has 6 nitrogen and oxygen atoms in total. The van der Waals surface area contributed by atoms with Gasteiger partial charge in [-0.2, -0.15) is 5.26 Å². The van der Waals surface area contributed by atoms with Crippen LogP contribution in [-0.2, 0) is 4.79 Å². The van der Waals surface area contributed by atoms with Crippen molar-refractivity contribution in [2.75, 3.05) is 12.4 Å². The Morgan fingerprint density at radius 3 is 2.54 bits per heavy atom. The Hall–Kier alpha value is -3.67. The Morgan fingerprint density at radius 2 is 1.89 bits per heavy atom. The molecule has 8 heteroatoms. The average Bonchev–Trinajstić information content (AvgIpc) is 3.29. The molecule has 0 aliphatic rings. The highest BCUT2D eigenvalue weighted by atomic mass is 32.2. The molecule has 0 bridgehead atoms. The zero-order valence-corrected chi connectivity index (χ0v) is 21.2. The van der Waals surface area contributed by atoms with Crippen molar-refractivity contribution >= 4 is 34.0 Å². The van der Waals surface area contributed by atoms with Gasteiger partial charge in [-0.3, -0.25) is 4.79 Å². The molecule has 35 heavy (non-hydrogen) atoms. The monoisotopic (exact) mass is 500 g/mol. The molecule has 176 valence electrons. The minimum absolute atomic E-state index is 0.158. The fourth-order valence-electron chi connectivity index (χ4n) is 3.56. The lowest BCUT2D eigenvalue weighted by atomic mass is 10.0. The van der Waals surface area contributed by atoms with E-state index in [0.717, 1.165) is 33.2 Å². The summed E-state index contributed by atoms with van der Waals surface area (Å²) in [4.78, 5) is 22.3. The second-order valence-corrected chi connectivity index (χ2v) is 9.81. The molecular formula is C27H24N4O2S2. The van der Waals surface area contributed by atoms with Crippen LogP contribution in [0.4, 0.5) is 5.00 Å². The van der Waals surface area contributed by atoms with Gasteiger partial charge >= 0.3 is 0 Å². The molecule has 2 heterocycles. The average molecular weight is 501 g/mol. The number of hydrogen-bond donors (Lipinski definition) is 1. The lowest BCUT2D eigenvalue weighted by molar-refractivity contribution is -0.115. The van der Waals surface area contributed by atoms with Crippen LogP contribution in [0.3, 0.4) is 0 Å². The number of amides is 1. The van der Waals surface area contributed by atoms with E-state index in [4.69, 9.17) is 4.74 Å². The summed E-state index contributed by atoms with van der Waals surface area (Å²) in [5.41, 5.74) is 3.96. The van der Waals surface area contributed by atoms with Gasteiger partial charge in [-0.1, -0.05) is 61.2 Å². The number of carbonyl (C=O) groups is 1. The van der Waals surface area contributed by atoms with Crippen LogP contribution in [0.5, 0.6) is 5.75 Å². The van der Waals surface area contributed by atoms with Gasteiger partial charge in [0.15, 0.2) is 0 Å². The van der Waals surface area contributed by atoms with Crippen molar-refractivity contribution in [1.82, 2.24) is 9.97 Å². The number of hydrogen-bond acceptors (Lipinski definition) is 7. The van der Waals surface area contributed by atoms with Crippen LogP contribution in [0.15, 0.2) is 71.1 Å². The highest BCUT2D eigenvalue weighted by Gasteiger charge is 2.22. The van der Waals surface area contributed by atoms with E-state index in [1.54, 1.807) is 7.11 Å². The number of anilines is 1. The molecule has 4 rings (SSSR count). The number of benzene rings is 2. The van der Waals surface area contributed by atoms with Gasteiger partial charge in [0, 0.05) is 16.5 Å². The third-order valence-corrected chi connectivity index (χ3v) is 7.53. The minimum atomic E-state index is -0.369. The number of nitriles is 1. The van der Waals surface area contributed by atoms with Crippen LogP contribution in [0, 0.1) is 18.3 Å². The summed E-state index contributed by atoms with van der Waals surface area (Å²) in [6, 6.07) is 21.6. The molecule has 0 saturated carbocycles. The fourth-order valence-corrected chi connectivity index (χ4v) is 5.47. The number of nitrogens with zero attached hydrogens (tertiary/aromatic N) is 3. The number of aromatic nitrogens is 2. The maximum absolute atomic E-state index is 13.2. The Labute approximate surface area is 213 Å². The molecule has 2 aromatic heterocycles. The standard InChI is InChI=1S/C27H24N4O2S2/c1-4-24(35-25-14-23(29-17(2)30-25)19-8-6-5-7-9-19)26(32)31-27-21(15-28)22(16-34-27)18-10-12-20(33-3)13-11-18/h5-14,16,24H,4H2,1-3H3,(H,31,32). The Balaban J connectivity index is 1.53. The smallest absolute Gasteiger partial charge is 0.238 e. The summed E-state index contributed by atoms with van der Waals surface area (Å²) >= 11 is 2.75. The van der Waals surface area contributed by atoms with Crippen LogP contribution >= 0.6 is 23.1 Å². The molecule has 0 aliphatic carbocycles. The largest absolute Gasteiger partial charge is 0.497 e. The summed E-state index contributed by atoms with van der Waals surface area (Å²) in [6.45, 7) is 3.81. The summed E-state index contributed by atoms with van der Waals surface area (Å²) < 4.78 is 5.22. The van der Waals surface area contributed by atoms with Crippen molar-refractivity contribution in [2.24, 2.45) is 0 Å². The van der Waals surface area contributed by atoms with Gasteiger partial charge in [-0.05, 0) is 37.1 Å². The number of aryl methyl sites for hydroxylation is 1. The van der Waals surface area contributed by atoms with Crippen LogP contribution in [-0.4, -0.2) is 28.2 Å². The van der Waals surface area contributed by atoms with Crippen LogP contribution < -0.4 is 10.1 Å². The van der Waals surface area contributed by atoms with Gasteiger partial charge in [0.05, 0.1) is 23.6 Å². The predicted molar refractivity (Wildman–Crippen MR) is 142 cm³/mol. The lowest BCUT2D eigenvalue weighted by Crippen LogP contribution is -2.24. The Bertz CT molecular complexity index is 1360. The van der Waals surface area contributed by atoms with Crippen molar-refractivity contribution in [1.29, 1.82) is 5.26 Å². The van der Waals surface area contributed by atoms with Crippen LogP contribution in [0.2, 0.25) is 0 Å². The topological polar surface area (TPSA) is 87.9 Å². The zero-order chi connectivity index (χ0) is 24.8. The van der Waals surface area contributed by atoms with E-state index in [1.165, 1.54) is 23.1 Å². The molecule has 1 amide bonds. The van der Waals surface area contributed by atoms with Crippen molar-refractivity contribution in [2.45, 2.75) is 30.5 Å². The summed E-state index contributed by atoms with van der Waals surface area (Å²) in [5.74, 6) is 1.24. The molecule has 1 unspecified atom stereocenters. The molecular weight excluding hydrogens is 476 g/mol. The first kappa shape index (κ1) is 24.5. The molecule has 4 aromatic rings. The van der Waals surface area contributed by atoms with Gasteiger partial charge < -0.3 is 10.1 Å². The second-order valence-electron chi connectivity index (χ2n) is 7.70. The molecule has 0 radical (unpaired) electrons. The van der Waals surface area contributed by atoms with Crippen molar-refractivity contribution < 1.29 is 9.53 Å². The zero-order valence-electron chi connectivity index (χ0n) is 19.6. The number of methoxy groups -OCH3 is 1. The van der Waals surface area contributed by atoms with E-state index in [-0.39, 0.29) is 11.2 Å². The van der Waals surface area contributed by atoms with E-state index in [0.29, 0.717) is 22.8 Å². The van der Waals surface area contributed by atoms with Gasteiger partial charge in [0.1, 0.15) is 27.7 Å². The number of rotatable bonds is 8. The molecule has 0 spiro atoms. The number of carbonyl (C=O) groups excluding carboxylic acids is 1. The molecule has 1 N–H and O–H groups in total. The lowest BCUT2D eigenvalue weighted by Gasteiger charge is -2.15. The van der Waals surface area contributed by atoms with Crippen LogP contribution in [0.25, 0.3) is 22.4 Å². The molecule has 0 aliphatic heterocycles. The third kappa shape index (κ3) is 5.70. The summed E-state index contributed by atoms with van der Waals surface area (Å²) in [6.07, 6.45) is 0.610. The first-order valence-corrected chi connectivity index (χ1v) is 12.8.